The molecule has 0 spiro atoms. The summed E-state index contributed by atoms with van der Waals surface area (Å²) in [4.78, 5) is 30.0. The van der Waals surface area contributed by atoms with E-state index < -0.39 is 0 Å². The highest BCUT2D eigenvalue weighted by atomic mass is 16.2. The number of amides is 2. The van der Waals surface area contributed by atoms with Crippen LogP contribution in [0.3, 0.4) is 0 Å². The SMILES string of the molecule is CC(=O)N1CCN(C(=O)CCN2CCC(Cc3ccccc3)CC2)CC1. The number of benzene rings is 1. The summed E-state index contributed by atoms with van der Waals surface area (Å²) < 4.78 is 0. The molecule has 1 aromatic carbocycles. The molecule has 5 heteroatoms. The molecule has 0 aliphatic carbocycles. The van der Waals surface area contributed by atoms with Gasteiger partial charge in [-0.05, 0) is 43.8 Å². The molecular formula is C21H31N3O2. The Bertz CT molecular complexity index is 589. The number of hydrogen-bond acceptors (Lipinski definition) is 3. The molecule has 0 saturated carbocycles. The van der Waals surface area contributed by atoms with E-state index in [2.05, 4.69) is 35.2 Å². The lowest BCUT2D eigenvalue weighted by molar-refractivity contribution is -0.138. The maximum Gasteiger partial charge on any atom is 0.223 e. The average molecular weight is 357 g/mol. The Kier molecular flexibility index (Phi) is 6.67. The largest absolute Gasteiger partial charge is 0.339 e. The van der Waals surface area contributed by atoms with Gasteiger partial charge in [0.05, 0.1) is 0 Å². The van der Waals surface area contributed by atoms with E-state index in [0.29, 0.717) is 32.6 Å². The van der Waals surface area contributed by atoms with Crippen molar-refractivity contribution in [3.8, 4) is 0 Å². The number of carbonyl (C=O) groups excluding carboxylic acids is 2. The van der Waals surface area contributed by atoms with Gasteiger partial charge in [0.2, 0.25) is 11.8 Å². The van der Waals surface area contributed by atoms with Gasteiger partial charge in [0.1, 0.15) is 0 Å². The summed E-state index contributed by atoms with van der Waals surface area (Å²) in [6, 6.07) is 10.7. The number of hydrogen-bond donors (Lipinski definition) is 0. The van der Waals surface area contributed by atoms with Gasteiger partial charge in [-0.3, -0.25) is 9.59 Å². The van der Waals surface area contributed by atoms with Crippen LogP contribution in [0.4, 0.5) is 0 Å². The first kappa shape index (κ1) is 18.9. The molecule has 142 valence electrons. The zero-order valence-electron chi connectivity index (χ0n) is 15.9. The first-order valence-corrected chi connectivity index (χ1v) is 9.91. The third-order valence-corrected chi connectivity index (χ3v) is 5.79. The van der Waals surface area contributed by atoms with E-state index in [0.717, 1.165) is 25.6 Å². The summed E-state index contributed by atoms with van der Waals surface area (Å²) in [5.74, 6) is 1.11. The molecule has 2 heterocycles. The van der Waals surface area contributed by atoms with Gasteiger partial charge in [0.25, 0.3) is 0 Å². The highest BCUT2D eigenvalue weighted by molar-refractivity contribution is 5.77. The maximum absolute atomic E-state index is 12.4. The second-order valence-electron chi connectivity index (χ2n) is 7.61. The highest BCUT2D eigenvalue weighted by Gasteiger charge is 2.24. The van der Waals surface area contributed by atoms with E-state index in [1.165, 1.54) is 24.8 Å². The van der Waals surface area contributed by atoms with Gasteiger partial charge in [-0.25, -0.2) is 0 Å². The summed E-state index contributed by atoms with van der Waals surface area (Å²) in [6.45, 7) is 7.36. The molecule has 1 aromatic rings. The maximum atomic E-state index is 12.4. The van der Waals surface area contributed by atoms with Crippen LogP contribution in [-0.2, 0) is 16.0 Å². The molecule has 0 radical (unpaired) electrons. The minimum absolute atomic E-state index is 0.107. The zero-order chi connectivity index (χ0) is 18.4. The molecule has 26 heavy (non-hydrogen) atoms. The second kappa shape index (κ2) is 9.17. The number of likely N-dealkylation sites (tertiary alicyclic amines) is 1. The normalized spacial score (nSPS) is 19.6. The van der Waals surface area contributed by atoms with E-state index >= 15 is 0 Å². The zero-order valence-corrected chi connectivity index (χ0v) is 15.9. The summed E-state index contributed by atoms with van der Waals surface area (Å²) in [5.41, 5.74) is 1.44. The number of piperazine rings is 1. The van der Waals surface area contributed by atoms with Gasteiger partial charge in [-0.1, -0.05) is 30.3 Å². The van der Waals surface area contributed by atoms with Crippen molar-refractivity contribution in [2.45, 2.75) is 32.6 Å². The molecule has 2 aliphatic heterocycles. The molecule has 2 aliphatic rings. The lowest BCUT2D eigenvalue weighted by Crippen LogP contribution is -2.50. The van der Waals surface area contributed by atoms with Crippen molar-refractivity contribution >= 4 is 11.8 Å². The lowest BCUT2D eigenvalue weighted by atomic mass is 9.90. The molecule has 2 saturated heterocycles. The Balaban J connectivity index is 1.33. The van der Waals surface area contributed by atoms with Crippen LogP contribution >= 0.6 is 0 Å². The van der Waals surface area contributed by atoms with Gasteiger partial charge >= 0.3 is 0 Å². The molecule has 2 amide bonds. The number of carbonyl (C=O) groups is 2. The molecule has 0 atom stereocenters. The predicted octanol–water partition coefficient (Wildman–Crippen LogP) is 2.02. The van der Waals surface area contributed by atoms with Crippen molar-refractivity contribution in [2.24, 2.45) is 5.92 Å². The smallest absolute Gasteiger partial charge is 0.223 e. The van der Waals surface area contributed by atoms with Gasteiger partial charge in [0.15, 0.2) is 0 Å². The van der Waals surface area contributed by atoms with Crippen molar-refractivity contribution in [3.05, 3.63) is 35.9 Å². The topological polar surface area (TPSA) is 43.9 Å². The van der Waals surface area contributed by atoms with E-state index in [4.69, 9.17) is 0 Å². The fourth-order valence-corrected chi connectivity index (χ4v) is 4.04. The molecule has 0 N–H and O–H groups in total. The summed E-state index contributed by atoms with van der Waals surface area (Å²) in [5, 5.41) is 0. The van der Waals surface area contributed by atoms with Gasteiger partial charge in [-0.2, -0.15) is 0 Å². The van der Waals surface area contributed by atoms with Crippen molar-refractivity contribution in [3.63, 3.8) is 0 Å². The summed E-state index contributed by atoms with van der Waals surface area (Å²) in [6.07, 6.45) is 4.22. The van der Waals surface area contributed by atoms with E-state index in [1.54, 1.807) is 6.92 Å². The summed E-state index contributed by atoms with van der Waals surface area (Å²) >= 11 is 0. The van der Waals surface area contributed by atoms with E-state index in [9.17, 15) is 9.59 Å². The minimum atomic E-state index is 0.107. The molecule has 2 fully saturated rings. The summed E-state index contributed by atoms with van der Waals surface area (Å²) in [7, 11) is 0. The number of piperidine rings is 1. The van der Waals surface area contributed by atoms with Crippen LogP contribution in [0.15, 0.2) is 30.3 Å². The number of nitrogens with zero attached hydrogens (tertiary/aromatic N) is 3. The van der Waals surface area contributed by atoms with Crippen molar-refractivity contribution in [1.82, 2.24) is 14.7 Å². The van der Waals surface area contributed by atoms with Crippen molar-refractivity contribution in [1.29, 1.82) is 0 Å². The predicted molar refractivity (Wildman–Crippen MR) is 103 cm³/mol. The highest BCUT2D eigenvalue weighted by Crippen LogP contribution is 2.21. The van der Waals surface area contributed by atoms with E-state index in [1.807, 2.05) is 9.80 Å². The van der Waals surface area contributed by atoms with Crippen LogP contribution in [0.2, 0.25) is 0 Å². The molecule has 5 nitrogen and oxygen atoms in total. The third-order valence-electron chi connectivity index (χ3n) is 5.79. The Morgan fingerprint density at radius 1 is 0.923 bits per heavy atom. The fourth-order valence-electron chi connectivity index (χ4n) is 4.04. The first-order chi connectivity index (χ1) is 12.6. The van der Waals surface area contributed by atoms with Crippen LogP contribution in [0.1, 0.15) is 31.7 Å². The Morgan fingerprint density at radius 3 is 2.15 bits per heavy atom. The quantitative estimate of drug-likeness (QED) is 0.810. The molecular weight excluding hydrogens is 326 g/mol. The van der Waals surface area contributed by atoms with Crippen molar-refractivity contribution in [2.75, 3.05) is 45.8 Å². The standard InChI is InChI=1S/C21H31N3O2/c1-18(25)23-13-15-24(16-14-23)21(26)9-12-22-10-7-20(8-11-22)17-19-5-3-2-4-6-19/h2-6,20H,7-17H2,1H3. The van der Waals surface area contributed by atoms with Gasteiger partial charge in [-0.15, -0.1) is 0 Å². The van der Waals surface area contributed by atoms with E-state index in [-0.39, 0.29) is 11.8 Å². The van der Waals surface area contributed by atoms with Crippen LogP contribution in [0.25, 0.3) is 0 Å². The van der Waals surface area contributed by atoms with Crippen LogP contribution < -0.4 is 0 Å². The molecule has 0 bridgehead atoms. The Morgan fingerprint density at radius 2 is 1.54 bits per heavy atom. The van der Waals surface area contributed by atoms with Crippen LogP contribution in [0.5, 0.6) is 0 Å². The molecule has 0 unspecified atom stereocenters. The second-order valence-corrected chi connectivity index (χ2v) is 7.61. The monoisotopic (exact) mass is 357 g/mol. The average Bonchev–Trinajstić information content (AvgIpc) is 2.68. The van der Waals surface area contributed by atoms with Crippen molar-refractivity contribution < 1.29 is 9.59 Å². The fraction of sp³-hybridized carbons (Fsp3) is 0.619. The van der Waals surface area contributed by atoms with Crippen LogP contribution in [0, 0.1) is 5.92 Å². The van der Waals surface area contributed by atoms with Gasteiger partial charge < -0.3 is 14.7 Å². The third kappa shape index (κ3) is 5.31. The first-order valence-electron chi connectivity index (χ1n) is 9.91. The Labute approximate surface area is 156 Å². The van der Waals surface area contributed by atoms with Gasteiger partial charge in [0, 0.05) is 46.1 Å². The minimum Gasteiger partial charge on any atom is -0.339 e. The lowest BCUT2D eigenvalue weighted by Gasteiger charge is -2.35. The molecule has 3 rings (SSSR count). The van der Waals surface area contributed by atoms with Crippen LogP contribution in [-0.4, -0.2) is 72.3 Å². The number of rotatable bonds is 5. The molecule has 0 aromatic heterocycles. The Hall–Kier alpha value is -1.88.